The highest BCUT2D eigenvalue weighted by molar-refractivity contribution is 5.65. The van der Waals surface area contributed by atoms with Crippen molar-refractivity contribution in [1.82, 2.24) is 15.0 Å². The summed E-state index contributed by atoms with van der Waals surface area (Å²) < 4.78 is 41.6. The molecule has 2 heterocycles. The first-order chi connectivity index (χ1) is 12.4. The number of halogens is 3. The first-order valence-electron chi connectivity index (χ1n) is 7.90. The molecular weight excluding hydrogens is 343 g/mol. The summed E-state index contributed by atoms with van der Waals surface area (Å²) in [5.41, 5.74) is 0.0134. The molecule has 8 heteroatoms. The highest BCUT2D eigenvalue weighted by Crippen LogP contribution is 2.27. The van der Waals surface area contributed by atoms with E-state index in [0.717, 1.165) is 18.3 Å². The minimum Gasteiger partial charge on any atom is -0.368 e. The van der Waals surface area contributed by atoms with Crippen molar-refractivity contribution in [1.29, 1.82) is 0 Å². The van der Waals surface area contributed by atoms with Crippen molar-refractivity contribution in [2.75, 3.05) is 10.6 Å². The van der Waals surface area contributed by atoms with Gasteiger partial charge in [-0.05, 0) is 26.0 Å². The Labute approximate surface area is 148 Å². The van der Waals surface area contributed by atoms with Gasteiger partial charge in [-0.25, -0.2) is 23.1 Å². The van der Waals surface area contributed by atoms with Gasteiger partial charge in [0.15, 0.2) is 5.82 Å². The van der Waals surface area contributed by atoms with E-state index < -0.39 is 17.5 Å². The Morgan fingerprint density at radius 3 is 2.27 bits per heavy atom. The van der Waals surface area contributed by atoms with Gasteiger partial charge in [0.2, 0.25) is 0 Å². The lowest BCUT2D eigenvalue weighted by Gasteiger charge is -2.14. The minimum atomic E-state index is -0.773. The fourth-order valence-electron chi connectivity index (χ4n) is 2.33. The summed E-state index contributed by atoms with van der Waals surface area (Å²) in [5, 5.41) is 5.93. The molecule has 134 valence electrons. The van der Waals surface area contributed by atoms with Crippen LogP contribution in [0.4, 0.5) is 30.5 Å². The van der Waals surface area contributed by atoms with Gasteiger partial charge in [-0.2, -0.15) is 0 Å². The van der Waals surface area contributed by atoms with Crippen LogP contribution in [0.5, 0.6) is 0 Å². The molecular formula is C18H16F3N5. The molecule has 0 amide bonds. The van der Waals surface area contributed by atoms with Crippen LogP contribution in [0.1, 0.15) is 13.8 Å². The predicted molar refractivity (Wildman–Crippen MR) is 93.6 cm³/mol. The highest BCUT2D eigenvalue weighted by Gasteiger charge is 2.16. The van der Waals surface area contributed by atoms with Gasteiger partial charge < -0.3 is 10.6 Å². The maximum absolute atomic E-state index is 14.1. The lowest BCUT2D eigenvalue weighted by Crippen LogP contribution is -2.12. The molecule has 0 spiro atoms. The van der Waals surface area contributed by atoms with Gasteiger partial charge in [0, 0.05) is 18.2 Å². The second kappa shape index (κ2) is 7.38. The van der Waals surface area contributed by atoms with E-state index in [1.807, 2.05) is 13.8 Å². The highest BCUT2D eigenvalue weighted by atomic mass is 19.1. The molecule has 26 heavy (non-hydrogen) atoms. The maximum atomic E-state index is 14.1. The number of aromatic nitrogens is 3. The standard InChI is InChI=1S/C18H16F3N5/c1-10(2)23-15-7-16(24-12-6-11(19)8-22-9-12)26-18(25-15)17-13(20)4-3-5-14(17)21/h3-10H,1-2H3,(H2,23,24,25,26). The summed E-state index contributed by atoms with van der Waals surface area (Å²) in [6, 6.07) is 6.36. The molecule has 1 aromatic carbocycles. The molecule has 3 rings (SSSR count). The van der Waals surface area contributed by atoms with Crippen molar-refractivity contribution in [3.63, 3.8) is 0 Å². The molecule has 0 aliphatic rings. The van der Waals surface area contributed by atoms with E-state index in [4.69, 9.17) is 0 Å². The lowest BCUT2D eigenvalue weighted by molar-refractivity contribution is 0.587. The lowest BCUT2D eigenvalue weighted by atomic mass is 10.2. The van der Waals surface area contributed by atoms with Crippen LogP contribution in [-0.2, 0) is 0 Å². The summed E-state index contributed by atoms with van der Waals surface area (Å²) >= 11 is 0. The molecule has 0 aliphatic carbocycles. The molecule has 0 saturated carbocycles. The molecule has 0 radical (unpaired) electrons. The van der Waals surface area contributed by atoms with Crippen LogP contribution in [-0.4, -0.2) is 21.0 Å². The molecule has 5 nitrogen and oxygen atoms in total. The van der Waals surface area contributed by atoms with Crippen LogP contribution < -0.4 is 10.6 Å². The van der Waals surface area contributed by atoms with E-state index in [0.29, 0.717) is 11.5 Å². The molecule has 0 bridgehead atoms. The van der Waals surface area contributed by atoms with Gasteiger partial charge in [-0.15, -0.1) is 0 Å². The van der Waals surface area contributed by atoms with Crippen molar-refractivity contribution < 1.29 is 13.2 Å². The Kier molecular flexibility index (Phi) is 5.01. The predicted octanol–water partition coefficient (Wildman–Crippen LogP) is 4.52. The van der Waals surface area contributed by atoms with Crippen LogP contribution in [0.25, 0.3) is 11.4 Å². The smallest absolute Gasteiger partial charge is 0.169 e. The zero-order valence-electron chi connectivity index (χ0n) is 14.1. The van der Waals surface area contributed by atoms with Crippen LogP contribution in [0.2, 0.25) is 0 Å². The third kappa shape index (κ3) is 4.08. The van der Waals surface area contributed by atoms with Crippen molar-refractivity contribution in [2.24, 2.45) is 0 Å². The molecule has 0 unspecified atom stereocenters. The second-order valence-electron chi connectivity index (χ2n) is 5.87. The van der Waals surface area contributed by atoms with E-state index in [-0.39, 0.29) is 23.2 Å². The normalized spacial score (nSPS) is 10.8. The Morgan fingerprint density at radius 2 is 1.62 bits per heavy atom. The number of nitrogens with one attached hydrogen (secondary N) is 2. The zero-order valence-corrected chi connectivity index (χ0v) is 14.1. The van der Waals surface area contributed by atoms with Gasteiger partial charge in [0.25, 0.3) is 0 Å². The molecule has 0 atom stereocenters. The molecule has 0 saturated heterocycles. The third-order valence-corrected chi connectivity index (χ3v) is 3.33. The summed E-state index contributed by atoms with van der Waals surface area (Å²) in [7, 11) is 0. The largest absolute Gasteiger partial charge is 0.368 e. The summed E-state index contributed by atoms with van der Waals surface area (Å²) in [4.78, 5) is 12.1. The Hall–Kier alpha value is -3.16. The number of benzene rings is 1. The number of pyridine rings is 1. The molecule has 0 fully saturated rings. The van der Waals surface area contributed by atoms with Gasteiger partial charge in [0.05, 0.1) is 23.6 Å². The average Bonchev–Trinajstić information content (AvgIpc) is 2.54. The number of hydrogen-bond acceptors (Lipinski definition) is 5. The summed E-state index contributed by atoms with van der Waals surface area (Å²) in [6.07, 6.45) is 2.47. The molecule has 3 aromatic rings. The first kappa shape index (κ1) is 17.7. The molecule has 0 aliphatic heterocycles. The van der Waals surface area contributed by atoms with Crippen molar-refractivity contribution in [3.05, 3.63) is 60.2 Å². The van der Waals surface area contributed by atoms with E-state index >= 15 is 0 Å². The number of anilines is 3. The Balaban J connectivity index is 2.07. The van der Waals surface area contributed by atoms with Crippen molar-refractivity contribution in [3.8, 4) is 11.4 Å². The SMILES string of the molecule is CC(C)Nc1cc(Nc2cncc(F)c2)nc(-c2c(F)cccc2F)n1. The molecule has 2 N–H and O–H groups in total. The fraction of sp³-hybridized carbons (Fsp3) is 0.167. The van der Waals surface area contributed by atoms with Crippen molar-refractivity contribution in [2.45, 2.75) is 19.9 Å². The van der Waals surface area contributed by atoms with Crippen molar-refractivity contribution >= 4 is 17.3 Å². The average molecular weight is 359 g/mol. The number of nitrogens with zero attached hydrogens (tertiary/aromatic N) is 3. The summed E-state index contributed by atoms with van der Waals surface area (Å²) in [6.45, 7) is 3.80. The number of rotatable bonds is 5. The maximum Gasteiger partial charge on any atom is 0.169 e. The third-order valence-electron chi connectivity index (χ3n) is 3.33. The Bertz CT molecular complexity index is 910. The van der Waals surface area contributed by atoms with Gasteiger partial charge in [0.1, 0.15) is 29.1 Å². The monoisotopic (exact) mass is 359 g/mol. The first-order valence-corrected chi connectivity index (χ1v) is 7.90. The van der Waals surface area contributed by atoms with Crippen LogP contribution in [0.3, 0.4) is 0 Å². The number of hydrogen-bond donors (Lipinski definition) is 2. The van der Waals surface area contributed by atoms with Crippen LogP contribution in [0, 0.1) is 17.5 Å². The quantitative estimate of drug-likeness (QED) is 0.701. The Morgan fingerprint density at radius 1 is 0.923 bits per heavy atom. The zero-order chi connectivity index (χ0) is 18.7. The van der Waals surface area contributed by atoms with Crippen LogP contribution in [0.15, 0.2) is 42.7 Å². The van der Waals surface area contributed by atoms with Gasteiger partial charge in [-0.3, -0.25) is 4.98 Å². The van der Waals surface area contributed by atoms with E-state index in [1.54, 1.807) is 6.07 Å². The van der Waals surface area contributed by atoms with E-state index in [2.05, 4.69) is 25.6 Å². The van der Waals surface area contributed by atoms with Crippen LogP contribution >= 0.6 is 0 Å². The minimum absolute atomic E-state index is 0.0342. The molecule has 2 aromatic heterocycles. The topological polar surface area (TPSA) is 62.7 Å². The van der Waals surface area contributed by atoms with E-state index in [1.165, 1.54) is 18.3 Å². The van der Waals surface area contributed by atoms with Gasteiger partial charge in [-0.1, -0.05) is 6.07 Å². The summed E-state index contributed by atoms with van der Waals surface area (Å²) in [5.74, 6) is -1.58. The van der Waals surface area contributed by atoms with E-state index in [9.17, 15) is 13.2 Å². The van der Waals surface area contributed by atoms with Gasteiger partial charge >= 0.3 is 0 Å². The second-order valence-corrected chi connectivity index (χ2v) is 5.87. The fourth-order valence-corrected chi connectivity index (χ4v) is 2.33.